The Morgan fingerprint density at radius 2 is 1.57 bits per heavy atom. The molecule has 3 aromatic carbocycles. The fourth-order valence-electron chi connectivity index (χ4n) is 3.10. The van der Waals surface area contributed by atoms with Crippen LogP contribution in [0.3, 0.4) is 0 Å². The number of benzene rings is 3. The van der Waals surface area contributed by atoms with Crippen LogP contribution >= 0.6 is 0 Å². The molecule has 3 rings (SSSR count). The third-order valence-corrected chi connectivity index (χ3v) is 4.67. The summed E-state index contributed by atoms with van der Waals surface area (Å²) in [5.41, 5.74) is 3.33. The summed E-state index contributed by atoms with van der Waals surface area (Å²) < 4.78 is 11.4. The molecule has 0 aliphatic heterocycles. The smallest absolute Gasteiger partial charge is 0.161 e. The molecule has 0 aromatic heterocycles. The monoisotopic (exact) mass is 378 g/mol. The van der Waals surface area contributed by atoms with Crippen LogP contribution in [0.1, 0.15) is 22.8 Å². The minimum atomic E-state index is -0.469. The largest absolute Gasteiger partial charge is 0.493 e. The molecule has 0 spiro atoms. The van der Waals surface area contributed by atoms with Crippen LogP contribution in [-0.4, -0.2) is 25.4 Å². The summed E-state index contributed by atoms with van der Waals surface area (Å²) in [6, 6.07) is 26.0. The van der Waals surface area contributed by atoms with Gasteiger partial charge in [-0.3, -0.25) is 0 Å². The zero-order valence-electron chi connectivity index (χ0n) is 16.3. The van der Waals surface area contributed by atoms with Crippen molar-refractivity contribution in [1.82, 2.24) is 0 Å². The zero-order chi connectivity index (χ0) is 19.6. The molecule has 3 N–H and O–H groups in total. The normalized spacial score (nSPS) is 11.8. The molecule has 0 fully saturated rings. The van der Waals surface area contributed by atoms with E-state index >= 15 is 0 Å². The highest BCUT2D eigenvalue weighted by Crippen LogP contribution is 2.28. The van der Waals surface area contributed by atoms with Crippen LogP contribution in [0.25, 0.3) is 0 Å². The molecular weight excluding hydrogens is 350 g/mol. The lowest BCUT2D eigenvalue weighted by atomic mass is 10.1. The van der Waals surface area contributed by atoms with Crippen molar-refractivity contribution in [2.45, 2.75) is 19.1 Å². The Morgan fingerprint density at radius 1 is 0.857 bits per heavy atom. The summed E-state index contributed by atoms with van der Waals surface area (Å²) in [6.45, 7) is 1.99. The minimum absolute atomic E-state index is 0.469. The molecule has 0 aliphatic rings. The van der Waals surface area contributed by atoms with E-state index in [0.29, 0.717) is 13.2 Å². The van der Waals surface area contributed by atoms with Crippen LogP contribution in [-0.2, 0) is 13.0 Å². The van der Waals surface area contributed by atoms with Gasteiger partial charge < -0.3 is 19.9 Å². The number of aliphatic hydroxyl groups excluding tert-OH is 1. The first kappa shape index (κ1) is 19.9. The van der Waals surface area contributed by atoms with Crippen LogP contribution in [0, 0.1) is 0 Å². The Bertz CT molecular complexity index is 837. The Kier molecular flexibility index (Phi) is 7.47. The molecule has 0 saturated carbocycles. The first-order chi connectivity index (χ1) is 13.8. The van der Waals surface area contributed by atoms with Crippen molar-refractivity contribution in [3.05, 3.63) is 95.6 Å². The number of quaternary nitrogens is 1. The highest BCUT2D eigenvalue weighted by atomic mass is 16.5. The topological polar surface area (TPSA) is 55.3 Å². The van der Waals surface area contributed by atoms with Gasteiger partial charge >= 0.3 is 0 Å². The van der Waals surface area contributed by atoms with Gasteiger partial charge in [-0.15, -0.1) is 0 Å². The second kappa shape index (κ2) is 10.5. The molecule has 0 radical (unpaired) electrons. The molecule has 4 heteroatoms. The summed E-state index contributed by atoms with van der Waals surface area (Å²) >= 11 is 0. The second-order valence-corrected chi connectivity index (χ2v) is 6.72. The lowest BCUT2D eigenvalue weighted by Gasteiger charge is -2.13. The van der Waals surface area contributed by atoms with Crippen LogP contribution in [0.4, 0.5) is 0 Å². The van der Waals surface area contributed by atoms with E-state index in [4.69, 9.17) is 9.47 Å². The number of ether oxygens (including phenoxy) is 2. The van der Waals surface area contributed by atoms with Crippen molar-refractivity contribution in [3.8, 4) is 11.5 Å². The van der Waals surface area contributed by atoms with Crippen molar-refractivity contribution in [2.75, 3.05) is 20.3 Å². The van der Waals surface area contributed by atoms with E-state index < -0.39 is 6.10 Å². The Morgan fingerprint density at radius 3 is 2.29 bits per heavy atom. The van der Waals surface area contributed by atoms with Gasteiger partial charge in [-0.2, -0.15) is 0 Å². The van der Waals surface area contributed by atoms with Gasteiger partial charge in [0.1, 0.15) is 19.2 Å². The van der Waals surface area contributed by atoms with E-state index in [1.54, 1.807) is 7.11 Å². The highest BCUT2D eigenvalue weighted by Gasteiger charge is 2.10. The van der Waals surface area contributed by atoms with E-state index in [-0.39, 0.29) is 0 Å². The number of hydrogen-bond donors (Lipinski definition) is 2. The predicted octanol–water partition coefficient (Wildman–Crippen LogP) is 3.11. The SMILES string of the molecule is COc1cc(C[NH2+]C[C@H](O)c2ccccc2)ccc1OCCc1ccccc1. The maximum absolute atomic E-state index is 10.3. The van der Waals surface area contributed by atoms with Gasteiger partial charge in [-0.1, -0.05) is 60.7 Å². The number of aliphatic hydroxyl groups is 1. The molecule has 3 aromatic rings. The highest BCUT2D eigenvalue weighted by molar-refractivity contribution is 5.42. The summed E-state index contributed by atoms with van der Waals surface area (Å²) in [4.78, 5) is 0. The average molecular weight is 378 g/mol. The molecule has 0 heterocycles. The van der Waals surface area contributed by atoms with Crippen molar-refractivity contribution in [3.63, 3.8) is 0 Å². The molecule has 0 aliphatic carbocycles. The van der Waals surface area contributed by atoms with Gasteiger partial charge in [0.25, 0.3) is 0 Å². The van der Waals surface area contributed by atoms with Crippen LogP contribution in [0.5, 0.6) is 11.5 Å². The lowest BCUT2D eigenvalue weighted by Crippen LogP contribution is -2.83. The maximum atomic E-state index is 10.3. The van der Waals surface area contributed by atoms with Gasteiger partial charge in [-0.25, -0.2) is 0 Å². The van der Waals surface area contributed by atoms with Crippen molar-refractivity contribution in [1.29, 1.82) is 0 Å². The summed E-state index contributed by atoms with van der Waals surface area (Å²) in [5, 5.41) is 12.4. The van der Waals surface area contributed by atoms with Crippen LogP contribution < -0.4 is 14.8 Å². The predicted molar refractivity (Wildman–Crippen MR) is 111 cm³/mol. The molecular formula is C24H28NO3+. The molecule has 0 saturated heterocycles. The van der Waals surface area contributed by atoms with Gasteiger partial charge in [-0.05, 0) is 29.3 Å². The quantitative estimate of drug-likeness (QED) is 0.570. The van der Waals surface area contributed by atoms with E-state index in [0.717, 1.165) is 35.6 Å². The van der Waals surface area contributed by atoms with E-state index in [9.17, 15) is 5.11 Å². The van der Waals surface area contributed by atoms with Gasteiger partial charge in [0.2, 0.25) is 0 Å². The summed E-state index contributed by atoms with van der Waals surface area (Å²) in [7, 11) is 1.66. The Balaban J connectivity index is 1.49. The van der Waals surface area contributed by atoms with Crippen LogP contribution in [0.2, 0.25) is 0 Å². The van der Waals surface area contributed by atoms with E-state index in [2.05, 4.69) is 17.4 Å². The van der Waals surface area contributed by atoms with Gasteiger partial charge in [0.05, 0.1) is 13.7 Å². The van der Waals surface area contributed by atoms with E-state index in [1.165, 1.54) is 5.56 Å². The first-order valence-electron chi connectivity index (χ1n) is 9.64. The van der Waals surface area contributed by atoms with Gasteiger partial charge in [0.15, 0.2) is 11.5 Å². The minimum Gasteiger partial charge on any atom is -0.493 e. The Labute approximate surface area is 166 Å². The molecule has 0 amide bonds. The Hall–Kier alpha value is -2.82. The number of nitrogens with two attached hydrogens (primary N) is 1. The van der Waals surface area contributed by atoms with Crippen molar-refractivity contribution >= 4 is 0 Å². The lowest BCUT2D eigenvalue weighted by molar-refractivity contribution is -0.677. The summed E-state index contributed by atoms with van der Waals surface area (Å²) in [6.07, 6.45) is 0.389. The number of methoxy groups -OCH3 is 1. The molecule has 4 nitrogen and oxygen atoms in total. The average Bonchev–Trinajstić information content (AvgIpc) is 2.75. The number of hydrogen-bond acceptors (Lipinski definition) is 3. The van der Waals surface area contributed by atoms with Crippen LogP contribution in [0.15, 0.2) is 78.9 Å². The molecule has 146 valence electrons. The number of rotatable bonds is 10. The molecule has 0 unspecified atom stereocenters. The maximum Gasteiger partial charge on any atom is 0.161 e. The second-order valence-electron chi connectivity index (χ2n) is 6.72. The fraction of sp³-hybridized carbons (Fsp3) is 0.250. The third kappa shape index (κ3) is 5.84. The first-order valence-corrected chi connectivity index (χ1v) is 9.64. The third-order valence-electron chi connectivity index (χ3n) is 4.67. The zero-order valence-corrected chi connectivity index (χ0v) is 16.3. The van der Waals surface area contributed by atoms with Crippen molar-refractivity contribution in [2.24, 2.45) is 0 Å². The van der Waals surface area contributed by atoms with Crippen molar-refractivity contribution < 1.29 is 19.9 Å². The standard InChI is InChI=1S/C24H27NO3/c1-27-24-16-20(17-25-18-22(26)21-10-6-3-7-11-21)12-13-23(24)28-15-14-19-8-4-2-5-9-19/h2-13,16,22,25-26H,14-15,17-18H2,1H3/p+1/t22-/m0/s1. The molecule has 28 heavy (non-hydrogen) atoms. The van der Waals surface area contributed by atoms with Gasteiger partial charge in [0, 0.05) is 12.0 Å². The summed E-state index contributed by atoms with van der Waals surface area (Å²) in [5.74, 6) is 1.49. The molecule has 0 bridgehead atoms. The molecule has 1 atom stereocenters. The van der Waals surface area contributed by atoms with E-state index in [1.807, 2.05) is 66.7 Å². The fourth-order valence-corrected chi connectivity index (χ4v) is 3.10.